The molecule has 0 unspecified atom stereocenters. The number of carbonyl (C=O) groups is 3. The fourth-order valence-corrected chi connectivity index (χ4v) is 3.83. The fourth-order valence-electron chi connectivity index (χ4n) is 3.83. The third-order valence-electron chi connectivity index (χ3n) is 5.22. The van der Waals surface area contributed by atoms with Crippen molar-refractivity contribution in [2.45, 2.75) is 70.9 Å². The first-order valence-electron chi connectivity index (χ1n) is 11.5. The van der Waals surface area contributed by atoms with Crippen molar-refractivity contribution in [2.24, 2.45) is 0 Å². The van der Waals surface area contributed by atoms with Crippen molar-refractivity contribution in [3.05, 3.63) is 75.8 Å². The molecule has 2 aromatic carbocycles. The van der Waals surface area contributed by atoms with Gasteiger partial charge in [0.2, 0.25) is 6.10 Å². The minimum absolute atomic E-state index is 0.211. The average Bonchev–Trinajstić information content (AvgIpc) is 3.50. The lowest BCUT2D eigenvalue weighted by Crippen LogP contribution is -2.50. The number of esters is 1. The van der Waals surface area contributed by atoms with Gasteiger partial charge in [-0.3, -0.25) is 19.8 Å². The molecule has 10 nitrogen and oxygen atoms in total. The summed E-state index contributed by atoms with van der Waals surface area (Å²) in [5.74, 6) is -1.39. The van der Waals surface area contributed by atoms with E-state index in [2.05, 4.69) is 5.32 Å². The van der Waals surface area contributed by atoms with Crippen LogP contribution in [0.2, 0.25) is 0 Å². The van der Waals surface area contributed by atoms with Gasteiger partial charge in [-0.2, -0.15) is 0 Å². The summed E-state index contributed by atoms with van der Waals surface area (Å²) in [6, 6.07) is 12.1. The third kappa shape index (κ3) is 6.38. The number of hydrogen-bond donors (Lipinski definition) is 1. The minimum atomic E-state index is -1.45. The molecule has 192 valence electrons. The van der Waals surface area contributed by atoms with E-state index in [1.54, 1.807) is 77.9 Å². The average molecular weight is 498 g/mol. The first-order chi connectivity index (χ1) is 16.7. The molecule has 3 atom stereocenters. The van der Waals surface area contributed by atoms with Crippen LogP contribution < -0.4 is 5.32 Å². The van der Waals surface area contributed by atoms with Crippen molar-refractivity contribution >= 4 is 23.7 Å². The summed E-state index contributed by atoms with van der Waals surface area (Å²) < 4.78 is 11.2. The van der Waals surface area contributed by atoms with E-state index in [0.29, 0.717) is 0 Å². The summed E-state index contributed by atoms with van der Waals surface area (Å²) in [6.45, 7) is 10.3. The fraction of sp³-hybridized carbons (Fsp3) is 0.423. The molecule has 36 heavy (non-hydrogen) atoms. The zero-order valence-corrected chi connectivity index (χ0v) is 21.2. The summed E-state index contributed by atoms with van der Waals surface area (Å²) in [5, 5.41) is 14.5. The maximum Gasteiger partial charge on any atom is 0.411 e. The second kappa shape index (κ2) is 9.96. The van der Waals surface area contributed by atoms with Crippen molar-refractivity contribution in [1.82, 2.24) is 10.2 Å². The molecule has 1 heterocycles. The van der Waals surface area contributed by atoms with Gasteiger partial charge in [-0.25, -0.2) is 9.59 Å². The molecule has 0 saturated carbocycles. The highest BCUT2D eigenvalue weighted by Gasteiger charge is 2.62. The monoisotopic (exact) mass is 497 g/mol. The largest absolute Gasteiger partial charge is 0.446 e. The van der Waals surface area contributed by atoms with Crippen LogP contribution in [0.5, 0.6) is 0 Å². The van der Waals surface area contributed by atoms with Crippen molar-refractivity contribution in [3.8, 4) is 0 Å². The lowest BCUT2D eigenvalue weighted by atomic mass is 10.0. The van der Waals surface area contributed by atoms with Crippen LogP contribution in [-0.4, -0.2) is 51.1 Å². The topological polar surface area (TPSA) is 128 Å². The normalized spacial score (nSPS) is 18.1. The Hall–Kier alpha value is -3.95. The molecule has 2 amide bonds. The maximum absolute atomic E-state index is 13.4. The molecule has 10 heteroatoms. The van der Waals surface area contributed by atoms with Gasteiger partial charge < -0.3 is 14.8 Å². The summed E-state index contributed by atoms with van der Waals surface area (Å²) in [5.41, 5.74) is -1.32. The van der Waals surface area contributed by atoms with Crippen LogP contribution in [0.1, 0.15) is 63.5 Å². The molecular formula is C26H31N3O7. The number of nitrogens with zero attached hydrogens (tertiary/aromatic N) is 2. The molecule has 1 aliphatic heterocycles. The molecule has 0 aliphatic carbocycles. The Morgan fingerprint density at radius 1 is 0.972 bits per heavy atom. The van der Waals surface area contributed by atoms with Crippen molar-refractivity contribution < 1.29 is 28.8 Å². The second-order valence-electron chi connectivity index (χ2n) is 10.6. The van der Waals surface area contributed by atoms with Crippen molar-refractivity contribution in [1.29, 1.82) is 0 Å². The number of carbonyl (C=O) groups excluding carboxylic acids is 3. The number of nitro benzene ring substituents is 1. The number of amides is 2. The lowest BCUT2D eigenvalue weighted by Gasteiger charge is -2.25. The number of para-hydroxylation sites is 1. The number of rotatable bonds is 6. The number of nitrogens with one attached hydrogen (secondary N) is 1. The molecule has 0 bridgehead atoms. The first-order valence-corrected chi connectivity index (χ1v) is 11.5. The molecule has 0 aromatic heterocycles. The van der Waals surface area contributed by atoms with Crippen LogP contribution >= 0.6 is 0 Å². The van der Waals surface area contributed by atoms with E-state index < -0.39 is 52.2 Å². The van der Waals surface area contributed by atoms with Crippen LogP contribution in [0.25, 0.3) is 0 Å². The van der Waals surface area contributed by atoms with Crippen molar-refractivity contribution in [3.63, 3.8) is 0 Å². The summed E-state index contributed by atoms with van der Waals surface area (Å²) in [6.07, 6.45) is -2.23. The number of benzene rings is 2. The predicted molar refractivity (Wildman–Crippen MR) is 131 cm³/mol. The van der Waals surface area contributed by atoms with Crippen molar-refractivity contribution in [2.75, 3.05) is 0 Å². The summed E-state index contributed by atoms with van der Waals surface area (Å²) in [7, 11) is 0. The maximum atomic E-state index is 13.4. The Bertz CT molecular complexity index is 1150. The van der Waals surface area contributed by atoms with Crippen LogP contribution in [0.3, 0.4) is 0 Å². The number of hydrogen-bond acceptors (Lipinski definition) is 7. The van der Waals surface area contributed by atoms with E-state index in [0.717, 1.165) is 0 Å². The van der Waals surface area contributed by atoms with Crippen LogP contribution in [-0.2, 0) is 14.3 Å². The number of nitro groups is 1. The summed E-state index contributed by atoms with van der Waals surface area (Å²) >= 11 is 0. The molecule has 1 aliphatic rings. The second-order valence-corrected chi connectivity index (χ2v) is 10.6. The van der Waals surface area contributed by atoms with Gasteiger partial charge >= 0.3 is 12.1 Å². The van der Waals surface area contributed by atoms with E-state index in [9.17, 15) is 24.5 Å². The smallest absolute Gasteiger partial charge is 0.411 e. The van der Waals surface area contributed by atoms with Crippen LogP contribution in [0.15, 0.2) is 54.6 Å². The Balaban J connectivity index is 2.05. The third-order valence-corrected chi connectivity index (χ3v) is 5.22. The van der Waals surface area contributed by atoms with Gasteiger partial charge in [-0.1, -0.05) is 30.3 Å². The predicted octanol–water partition coefficient (Wildman–Crippen LogP) is 4.40. The molecule has 1 saturated heterocycles. The Morgan fingerprint density at radius 2 is 1.56 bits per heavy atom. The highest BCUT2D eigenvalue weighted by Crippen LogP contribution is 2.49. The number of ether oxygens (including phenoxy) is 2. The van der Waals surface area contributed by atoms with Gasteiger partial charge in [0.05, 0.1) is 22.1 Å². The van der Waals surface area contributed by atoms with Crippen LogP contribution in [0.4, 0.5) is 10.5 Å². The Labute approximate surface area is 209 Å². The van der Waals surface area contributed by atoms with E-state index in [-0.39, 0.29) is 16.8 Å². The Kier molecular flexibility index (Phi) is 7.38. The molecule has 0 radical (unpaired) electrons. The first kappa shape index (κ1) is 26.7. The van der Waals surface area contributed by atoms with E-state index in [4.69, 9.17) is 9.47 Å². The molecule has 3 rings (SSSR count). The van der Waals surface area contributed by atoms with Gasteiger partial charge in [0.25, 0.3) is 11.6 Å². The SMILES string of the molecule is CC(C)(C)NC(=O)[C@@H](OC(=O)c1ccccc1)[C@@H]1[C@@H](c2ccccc2[N+](=O)[O-])N1C(=O)OC(C)(C)C. The molecule has 1 N–H and O–H groups in total. The van der Waals surface area contributed by atoms with Gasteiger partial charge in [0.15, 0.2) is 0 Å². The standard InChI is InChI=1S/C26H31N3O7/c1-25(2,3)27-22(30)21(35-23(31)16-12-8-7-9-13-16)20-19(28(20)24(32)36-26(4,5)6)17-14-10-11-15-18(17)29(33)34/h7-15,19-21H,1-6H3,(H,27,30)/t19-,20+,21+,28?/m1/s1. The van der Waals surface area contributed by atoms with Gasteiger partial charge in [0, 0.05) is 11.6 Å². The lowest BCUT2D eigenvalue weighted by molar-refractivity contribution is -0.385. The minimum Gasteiger partial charge on any atom is -0.446 e. The molecular weight excluding hydrogens is 466 g/mol. The Morgan fingerprint density at radius 3 is 2.11 bits per heavy atom. The zero-order valence-electron chi connectivity index (χ0n) is 21.2. The van der Waals surface area contributed by atoms with E-state index >= 15 is 0 Å². The quantitative estimate of drug-likeness (QED) is 0.271. The van der Waals surface area contributed by atoms with Gasteiger partial charge in [0.1, 0.15) is 11.6 Å². The molecule has 0 spiro atoms. The van der Waals surface area contributed by atoms with Gasteiger partial charge in [-0.15, -0.1) is 0 Å². The van der Waals surface area contributed by atoms with Crippen LogP contribution in [0, 0.1) is 10.1 Å². The zero-order chi connectivity index (χ0) is 26.8. The summed E-state index contributed by atoms with van der Waals surface area (Å²) in [4.78, 5) is 51.8. The molecule has 2 aromatic rings. The molecule has 1 fully saturated rings. The van der Waals surface area contributed by atoms with E-state index in [1.807, 2.05) is 0 Å². The highest BCUT2D eigenvalue weighted by molar-refractivity contribution is 5.93. The van der Waals surface area contributed by atoms with E-state index in [1.165, 1.54) is 23.1 Å². The highest BCUT2D eigenvalue weighted by atomic mass is 16.6. The van der Waals surface area contributed by atoms with Gasteiger partial charge in [-0.05, 0) is 59.7 Å².